The van der Waals surface area contributed by atoms with E-state index in [2.05, 4.69) is 27.4 Å². The van der Waals surface area contributed by atoms with Gasteiger partial charge in [0.15, 0.2) is 11.0 Å². The molecule has 0 radical (unpaired) electrons. The van der Waals surface area contributed by atoms with E-state index in [1.165, 1.54) is 30.0 Å². The zero-order valence-electron chi connectivity index (χ0n) is 17.7. The standard InChI is InChI=1S/C22H21ClFN5O3S/c1-3-10-29-19(12-25-21(31)14-4-7-16(32-2)8-5-14)27-28-22(29)33-13-20(30)26-15-6-9-18(24)17(23)11-15/h3-9,11H,1,10,12-13H2,2H3,(H,25,31)(H,26,30). The highest BCUT2D eigenvalue weighted by Crippen LogP contribution is 2.21. The minimum absolute atomic E-state index is 0.0441. The van der Waals surface area contributed by atoms with Crippen molar-refractivity contribution in [2.75, 3.05) is 18.2 Å². The maximum Gasteiger partial charge on any atom is 0.251 e. The van der Waals surface area contributed by atoms with Gasteiger partial charge in [-0.25, -0.2) is 4.39 Å². The van der Waals surface area contributed by atoms with Crippen molar-refractivity contribution in [1.82, 2.24) is 20.1 Å². The molecule has 0 aliphatic rings. The molecular formula is C22H21ClFN5O3S. The molecule has 11 heteroatoms. The van der Waals surface area contributed by atoms with E-state index < -0.39 is 5.82 Å². The summed E-state index contributed by atoms with van der Waals surface area (Å²) in [6, 6.07) is 10.7. The topological polar surface area (TPSA) is 98.1 Å². The van der Waals surface area contributed by atoms with Crippen LogP contribution >= 0.6 is 23.4 Å². The lowest BCUT2D eigenvalue weighted by atomic mass is 10.2. The Morgan fingerprint density at radius 1 is 1.24 bits per heavy atom. The molecule has 1 aromatic heterocycles. The number of thioether (sulfide) groups is 1. The van der Waals surface area contributed by atoms with Gasteiger partial charge in [0.1, 0.15) is 11.6 Å². The summed E-state index contributed by atoms with van der Waals surface area (Å²) < 4.78 is 20.1. The number of benzene rings is 2. The third-order valence-electron chi connectivity index (χ3n) is 4.40. The van der Waals surface area contributed by atoms with Crippen molar-refractivity contribution >= 4 is 40.9 Å². The van der Waals surface area contributed by atoms with Crippen LogP contribution in [0.3, 0.4) is 0 Å². The number of carbonyl (C=O) groups excluding carboxylic acids is 2. The maximum atomic E-state index is 13.3. The number of halogens is 2. The predicted octanol–water partition coefficient (Wildman–Crippen LogP) is 3.93. The molecule has 1 heterocycles. The van der Waals surface area contributed by atoms with E-state index in [-0.39, 0.29) is 29.1 Å². The summed E-state index contributed by atoms with van der Waals surface area (Å²) >= 11 is 6.91. The van der Waals surface area contributed by atoms with Crippen molar-refractivity contribution in [3.05, 3.63) is 77.3 Å². The van der Waals surface area contributed by atoms with Crippen LogP contribution in [-0.4, -0.2) is 39.4 Å². The molecule has 3 rings (SSSR count). The van der Waals surface area contributed by atoms with Crippen molar-refractivity contribution in [3.8, 4) is 5.75 Å². The molecule has 33 heavy (non-hydrogen) atoms. The van der Waals surface area contributed by atoms with Crippen molar-refractivity contribution in [2.24, 2.45) is 0 Å². The van der Waals surface area contributed by atoms with Gasteiger partial charge in [0.25, 0.3) is 5.91 Å². The van der Waals surface area contributed by atoms with E-state index >= 15 is 0 Å². The molecule has 0 saturated heterocycles. The van der Waals surface area contributed by atoms with Crippen LogP contribution in [0.2, 0.25) is 5.02 Å². The number of amides is 2. The lowest BCUT2D eigenvalue weighted by Gasteiger charge is -2.09. The van der Waals surface area contributed by atoms with E-state index in [0.717, 1.165) is 0 Å². The Morgan fingerprint density at radius 2 is 2.00 bits per heavy atom. The molecule has 172 valence electrons. The first-order chi connectivity index (χ1) is 15.9. The van der Waals surface area contributed by atoms with Crippen LogP contribution in [0.5, 0.6) is 5.75 Å². The molecule has 2 N–H and O–H groups in total. The minimum atomic E-state index is -0.562. The SMILES string of the molecule is C=CCn1c(CNC(=O)c2ccc(OC)cc2)nnc1SCC(=O)Nc1ccc(F)c(Cl)c1. The summed E-state index contributed by atoms with van der Waals surface area (Å²) in [6.45, 7) is 4.28. The molecule has 2 aromatic carbocycles. The number of ether oxygens (including phenoxy) is 1. The van der Waals surface area contributed by atoms with Crippen LogP contribution in [0.25, 0.3) is 0 Å². The van der Waals surface area contributed by atoms with Crippen LogP contribution in [0.15, 0.2) is 60.3 Å². The van der Waals surface area contributed by atoms with Gasteiger partial charge < -0.3 is 19.9 Å². The Morgan fingerprint density at radius 3 is 2.67 bits per heavy atom. The Bertz CT molecular complexity index is 1150. The van der Waals surface area contributed by atoms with Crippen molar-refractivity contribution in [2.45, 2.75) is 18.2 Å². The second kappa shape index (κ2) is 11.5. The Hall–Kier alpha value is -3.37. The van der Waals surface area contributed by atoms with E-state index in [1.807, 2.05) is 0 Å². The lowest BCUT2D eigenvalue weighted by Crippen LogP contribution is -2.24. The first-order valence-electron chi connectivity index (χ1n) is 9.74. The number of rotatable bonds is 10. The molecule has 0 aliphatic carbocycles. The van der Waals surface area contributed by atoms with E-state index in [4.69, 9.17) is 16.3 Å². The van der Waals surface area contributed by atoms with Crippen LogP contribution in [0.4, 0.5) is 10.1 Å². The molecule has 3 aromatic rings. The summed E-state index contributed by atoms with van der Waals surface area (Å²) in [7, 11) is 1.55. The quantitative estimate of drug-likeness (QED) is 0.331. The van der Waals surface area contributed by atoms with Crippen LogP contribution < -0.4 is 15.4 Å². The fourth-order valence-corrected chi connectivity index (χ4v) is 3.72. The predicted molar refractivity (Wildman–Crippen MR) is 125 cm³/mol. The number of allylic oxidation sites excluding steroid dienone is 1. The smallest absolute Gasteiger partial charge is 0.251 e. The number of aromatic nitrogens is 3. The summed E-state index contributed by atoms with van der Waals surface area (Å²) in [5.74, 6) is 0.0776. The van der Waals surface area contributed by atoms with Crippen molar-refractivity contribution < 1.29 is 18.7 Å². The number of anilines is 1. The van der Waals surface area contributed by atoms with Crippen molar-refractivity contribution in [1.29, 1.82) is 0 Å². The Kier molecular flexibility index (Phi) is 8.45. The summed E-state index contributed by atoms with van der Waals surface area (Å²) in [6.07, 6.45) is 1.67. The van der Waals surface area contributed by atoms with Gasteiger partial charge in [-0.15, -0.1) is 16.8 Å². The van der Waals surface area contributed by atoms with Crippen LogP contribution in [-0.2, 0) is 17.9 Å². The van der Waals surface area contributed by atoms with Gasteiger partial charge in [0.2, 0.25) is 5.91 Å². The molecular weight excluding hydrogens is 469 g/mol. The number of hydrogen-bond donors (Lipinski definition) is 2. The molecule has 2 amide bonds. The first kappa shape index (κ1) is 24.3. The summed E-state index contributed by atoms with van der Waals surface area (Å²) in [5, 5.41) is 14.1. The zero-order chi connectivity index (χ0) is 23.8. The molecule has 0 spiro atoms. The van der Waals surface area contributed by atoms with Gasteiger partial charge >= 0.3 is 0 Å². The van der Waals surface area contributed by atoms with Gasteiger partial charge in [-0.2, -0.15) is 0 Å². The Balaban J connectivity index is 1.59. The molecule has 0 fully saturated rings. The third kappa shape index (κ3) is 6.56. The number of methoxy groups -OCH3 is 1. The van der Waals surface area contributed by atoms with E-state index in [9.17, 15) is 14.0 Å². The van der Waals surface area contributed by atoms with Gasteiger partial charge in [0, 0.05) is 17.8 Å². The Labute approximate surface area is 199 Å². The zero-order valence-corrected chi connectivity index (χ0v) is 19.3. The third-order valence-corrected chi connectivity index (χ3v) is 5.66. The highest BCUT2D eigenvalue weighted by Gasteiger charge is 2.15. The molecule has 0 aliphatic heterocycles. The normalized spacial score (nSPS) is 10.5. The molecule has 0 atom stereocenters. The average molecular weight is 490 g/mol. The van der Waals surface area contributed by atoms with Crippen molar-refractivity contribution in [3.63, 3.8) is 0 Å². The largest absolute Gasteiger partial charge is 0.497 e. The molecule has 8 nitrogen and oxygen atoms in total. The first-order valence-corrected chi connectivity index (χ1v) is 11.1. The van der Waals surface area contributed by atoms with Gasteiger partial charge in [0.05, 0.1) is 24.4 Å². The molecule has 0 unspecified atom stereocenters. The summed E-state index contributed by atoms with van der Waals surface area (Å²) in [5.41, 5.74) is 0.874. The van der Waals surface area contributed by atoms with E-state index in [0.29, 0.717) is 34.5 Å². The fraction of sp³-hybridized carbons (Fsp3) is 0.182. The fourth-order valence-electron chi connectivity index (χ4n) is 2.77. The van der Waals surface area contributed by atoms with Gasteiger partial charge in [-0.3, -0.25) is 9.59 Å². The highest BCUT2D eigenvalue weighted by molar-refractivity contribution is 7.99. The maximum absolute atomic E-state index is 13.3. The second-order valence-electron chi connectivity index (χ2n) is 6.68. The second-order valence-corrected chi connectivity index (χ2v) is 8.02. The minimum Gasteiger partial charge on any atom is -0.497 e. The van der Waals surface area contributed by atoms with E-state index in [1.54, 1.807) is 42.0 Å². The number of nitrogens with zero attached hydrogens (tertiary/aromatic N) is 3. The average Bonchev–Trinajstić information content (AvgIpc) is 3.20. The molecule has 0 saturated carbocycles. The number of nitrogens with one attached hydrogen (secondary N) is 2. The lowest BCUT2D eigenvalue weighted by molar-refractivity contribution is -0.113. The van der Waals surface area contributed by atoms with Crippen LogP contribution in [0, 0.1) is 5.82 Å². The van der Waals surface area contributed by atoms with Gasteiger partial charge in [-0.05, 0) is 42.5 Å². The summed E-state index contributed by atoms with van der Waals surface area (Å²) in [4.78, 5) is 24.7. The number of carbonyl (C=O) groups is 2. The highest BCUT2D eigenvalue weighted by atomic mass is 35.5. The number of hydrogen-bond acceptors (Lipinski definition) is 6. The monoisotopic (exact) mass is 489 g/mol. The molecule has 0 bridgehead atoms. The van der Waals surface area contributed by atoms with Gasteiger partial charge in [-0.1, -0.05) is 29.4 Å². The van der Waals surface area contributed by atoms with Crippen LogP contribution in [0.1, 0.15) is 16.2 Å².